The molecule has 0 amide bonds. The fourth-order valence-electron chi connectivity index (χ4n) is 1.42. The summed E-state index contributed by atoms with van der Waals surface area (Å²) in [6.45, 7) is 4.44. The maximum absolute atomic E-state index is 4.02. The van der Waals surface area contributed by atoms with Crippen LogP contribution in [-0.2, 0) is 0 Å². The molecule has 0 saturated heterocycles. The molecule has 11 heavy (non-hydrogen) atoms. The van der Waals surface area contributed by atoms with E-state index in [1.807, 2.05) is 6.20 Å². The number of aromatic amines is 1. The third kappa shape index (κ3) is 2.07. The van der Waals surface area contributed by atoms with Crippen molar-refractivity contribution < 1.29 is 0 Å². The summed E-state index contributed by atoms with van der Waals surface area (Å²) in [5.41, 5.74) is 1.29. The predicted molar refractivity (Wildman–Crippen MR) is 46.5 cm³/mol. The van der Waals surface area contributed by atoms with Crippen molar-refractivity contribution in [3.05, 3.63) is 18.2 Å². The van der Waals surface area contributed by atoms with Crippen LogP contribution in [0.3, 0.4) is 0 Å². The first kappa shape index (κ1) is 8.31. The highest BCUT2D eigenvalue weighted by Crippen LogP contribution is 2.21. The quantitative estimate of drug-likeness (QED) is 0.706. The number of aromatic nitrogens is 2. The SMILES string of the molecule is CCCC(CC)c1cnc[nH]1. The van der Waals surface area contributed by atoms with E-state index in [2.05, 4.69) is 23.8 Å². The lowest BCUT2D eigenvalue weighted by Crippen LogP contribution is -1.96. The van der Waals surface area contributed by atoms with Crippen LogP contribution in [0.2, 0.25) is 0 Å². The third-order valence-electron chi connectivity index (χ3n) is 2.09. The molecule has 0 aliphatic rings. The molecule has 0 radical (unpaired) electrons. The Morgan fingerprint density at radius 1 is 1.55 bits per heavy atom. The topological polar surface area (TPSA) is 28.7 Å². The van der Waals surface area contributed by atoms with Gasteiger partial charge in [0.2, 0.25) is 0 Å². The standard InChI is InChI=1S/C9H16N2/c1-3-5-8(4-2)9-6-10-7-11-9/h6-8H,3-5H2,1-2H3,(H,10,11). The summed E-state index contributed by atoms with van der Waals surface area (Å²) in [4.78, 5) is 7.18. The molecule has 62 valence electrons. The van der Waals surface area contributed by atoms with Crippen molar-refractivity contribution in [2.45, 2.75) is 39.0 Å². The summed E-state index contributed by atoms with van der Waals surface area (Å²) in [6.07, 6.45) is 7.41. The van der Waals surface area contributed by atoms with Crippen LogP contribution in [0.25, 0.3) is 0 Å². The second kappa shape index (κ2) is 4.16. The van der Waals surface area contributed by atoms with Gasteiger partial charge < -0.3 is 4.98 Å². The molecule has 1 aromatic heterocycles. The van der Waals surface area contributed by atoms with Crippen LogP contribution < -0.4 is 0 Å². The molecule has 1 aromatic rings. The summed E-state index contributed by atoms with van der Waals surface area (Å²) in [7, 11) is 0. The molecule has 0 aliphatic heterocycles. The van der Waals surface area contributed by atoms with E-state index >= 15 is 0 Å². The molecule has 0 fully saturated rings. The van der Waals surface area contributed by atoms with Gasteiger partial charge in [-0.15, -0.1) is 0 Å². The lowest BCUT2D eigenvalue weighted by molar-refractivity contribution is 0.584. The van der Waals surface area contributed by atoms with E-state index < -0.39 is 0 Å². The second-order valence-corrected chi connectivity index (χ2v) is 2.90. The van der Waals surface area contributed by atoms with E-state index in [9.17, 15) is 0 Å². The molecule has 0 bridgehead atoms. The number of imidazole rings is 1. The first-order valence-electron chi connectivity index (χ1n) is 4.36. The Bertz CT molecular complexity index is 179. The van der Waals surface area contributed by atoms with Crippen LogP contribution in [0, 0.1) is 0 Å². The highest BCUT2D eigenvalue weighted by atomic mass is 14.9. The van der Waals surface area contributed by atoms with Gasteiger partial charge in [0.1, 0.15) is 0 Å². The number of H-pyrrole nitrogens is 1. The van der Waals surface area contributed by atoms with E-state index in [4.69, 9.17) is 0 Å². The minimum Gasteiger partial charge on any atom is -0.348 e. The number of nitrogens with zero attached hydrogens (tertiary/aromatic N) is 1. The normalized spacial score (nSPS) is 13.3. The Labute approximate surface area is 68.0 Å². The van der Waals surface area contributed by atoms with Gasteiger partial charge in [-0.05, 0) is 12.8 Å². The zero-order valence-electron chi connectivity index (χ0n) is 7.30. The van der Waals surface area contributed by atoms with Gasteiger partial charge in [0.05, 0.1) is 6.33 Å². The molecule has 2 nitrogen and oxygen atoms in total. The minimum atomic E-state index is 0.683. The molecule has 2 heteroatoms. The van der Waals surface area contributed by atoms with Crippen LogP contribution in [0.5, 0.6) is 0 Å². The highest BCUT2D eigenvalue weighted by Gasteiger charge is 2.08. The van der Waals surface area contributed by atoms with Crippen molar-refractivity contribution in [2.24, 2.45) is 0 Å². The van der Waals surface area contributed by atoms with E-state index in [0.717, 1.165) is 0 Å². The largest absolute Gasteiger partial charge is 0.348 e. The van der Waals surface area contributed by atoms with Crippen molar-refractivity contribution in [3.63, 3.8) is 0 Å². The molecule has 0 aromatic carbocycles. The summed E-state index contributed by atoms with van der Waals surface area (Å²) in [5, 5.41) is 0. The Hall–Kier alpha value is -0.790. The molecule has 1 unspecified atom stereocenters. The second-order valence-electron chi connectivity index (χ2n) is 2.90. The van der Waals surface area contributed by atoms with Crippen LogP contribution >= 0.6 is 0 Å². The fourth-order valence-corrected chi connectivity index (χ4v) is 1.42. The van der Waals surface area contributed by atoms with E-state index in [-0.39, 0.29) is 0 Å². The maximum atomic E-state index is 4.02. The molecule has 1 N–H and O–H groups in total. The molecule has 1 heterocycles. The van der Waals surface area contributed by atoms with Gasteiger partial charge in [0.25, 0.3) is 0 Å². The van der Waals surface area contributed by atoms with Gasteiger partial charge >= 0.3 is 0 Å². The van der Waals surface area contributed by atoms with Crippen molar-refractivity contribution in [3.8, 4) is 0 Å². The summed E-state index contributed by atoms with van der Waals surface area (Å²) < 4.78 is 0. The predicted octanol–water partition coefficient (Wildman–Crippen LogP) is 2.70. The summed E-state index contributed by atoms with van der Waals surface area (Å²) in [6, 6.07) is 0. The Morgan fingerprint density at radius 3 is 2.82 bits per heavy atom. The molecular formula is C9H16N2. The lowest BCUT2D eigenvalue weighted by Gasteiger charge is -2.10. The zero-order chi connectivity index (χ0) is 8.10. The van der Waals surface area contributed by atoms with Crippen LogP contribution in [-0.4, -0.2) is 9.97 Å². The monoisotopic (exact) mass is 152 g/mol. The van der Waals surface area contributed by atoms with Gasteiger partial charge in [0, 0.05) is 17.8 Å². The Balaban J connectivity index is 2.56. The maximum Gasteiger partial charge on any atom is 0.0921 e. The molecule has 0 aliphatic carbocycles. The first-order valence-corrected chi connectivity index (χ1v) is 4.36. The highest BCUT2D eigenvalue weighted by molar-refractivity contribution is 5.02. The van der Waals surface area contributed by atoms with Gasteiger partial charge in [-0.1, -0.05) is 20.3 Å². The van der Waals surface area contributed by atoms with Crippen LogP contribution in [0.1, 0.15) is 44.7 Å². The van der Waals surface area contributed by atoms with Gasteiger partial charge in [0.15, 0.2) is 0 Å². The van der Waals surface area contributed by atoms with Crippen LogP contribution in [0.15, 0.2) is 12.5 Å². The van der Waals surface area contributed by atoms with Crippen molar-refractivity contribution in [1.29, 1.82) is 0 Å². The zero-order valence-corrected chi connectivity index (χ0v) is 7.30. The molecule has 0 saturated carbocycles. The number of nitrogens with one attached hydrogen (secondary N) is 1. The third-order valence-corrected chi connectivity index (χ3v) is 2.09. The van der Waals surface area contributed by atoms with Gasteiger partial charge in [-0.25, -0.2) is 4.98 Å². The summed E-state index contributed by atoms with van der Waals surface area (Å²) in [5.74, 6) is 0.683. The summed E-state index contributed by atoms with van der Waals surface area (Å²) >= 11 is 0. The van der Waals surface area contributed by atoms with Crippen molar-refractivity contribution >= 4 is 0 Å². The van der Waals surface area contributed by atoms with E-state index in [1.54, 1.807) is 6.33 Å². The molecule has 0 spiro atoms. The molecular weight excluding hydrogens is 136 g/mol. The lowest BCUT2D eigenvalue weighted by atomic mass is 9.98. The number of hydrogen-bond acceptors (Lipinski definition) is 1. The van der Waals surface area contributed by atoms with Gasteiger partial charge in [-0.2, -0.15) is 0 Å². The average molecular weight is 152 g/mol. The van der Waals surface area contributed by atoms with E-state index in [1.165, 1.54) is 25.0 Å². The molecule has 1 atom stereocenters. The Kier molecular flexibility index (Phi) is 3.14. The first-order chi connectivity index (χ1) is 5.38. The van der Waals surface area contributed by atoms with Crippen molar-refractivity contribution in [2.75, 3.05) is 0 Å². The minimum absolute atomic E-state index is 0.683. The number of hydrogen-bond donors (Lipinski definition) is 1. The molecule has 1 rings (SSSR count). The van der Waals surface area contributed by atoms with E-state index in [0.29, 0.717) is 5.92 Å². The Morgan fingerprint density at radius 2 is 2.36 bits per heavy atom. The fraction of sp³-hybridized carbons (Fsp3) is 0.667. The smallest absolute Gasteiger partial charge is 0.0921 e. The average Bonchev–Trinajstić information content (AvgIpc) is 2.52. The van der Waals surface area contributed by atoms with Crippen molar-refractivity contribution in [1.82, 2.24) is 9.97 Å². The van der Waals surface area contributed by atoms with Crippen LogP contribution in [0.4, 0.5) is 0 Å². The number of rotatable bonds is 4. The van der Waals surface area contributed by atoms with Gasteiger partial charge in [-0.3, -0.25) is 0 Å².